The van der Waals surface area contributed by atoms with Gasteiger partial charge in [0.2, 0.25) is 0 Å². The summed E-state index contributed by atoms with van der Waals surface area (Å²) in [6.07, 6.45) is 5.52. The minimum atomic E-state index is -0.304. The second kappa shape index (κ2) is 8.52. The standard InChI is InChI=1S/C21H25N3O2/c1-2-3-4-15-5-9-18(10-6-15)23-21(26)24-19-11-7-16(8-12-19)20(25)22-17-13-14-17/h5-12,17H,2-4,13-14H2,1H3,(H,22,25)(H2,23,24,26). The molecule has 5 nitrogen and oxygen atoms in total. The van der Waals surface area contributed by atoms with Crippen LogP contribution in [-0.4, -0.2) is 18.0 Å². The van der Waals surface area contributed by atoms with E-state index in [1.165, 1.54) is 18.4 Å². The van der Waals surface area contributed by atoms with Crippen LogP contribution in [0.5, 0.6) is 0 Å². The number of hydrogen-bond acceptors (Lipinski definition) is 2. The minimum Gasteiger partial charge on any atom is -0.349 e. The molecule has 3 amide bonds. The van der Waals surface area contributed by atoms with E-state index in [4.69, 9.17) is 0 Å². The summed E-state index contributed by atoms with van der Waals surface area (Å²) in [5.74, 6) is -0.0633. The molecule has 5 heteroatoms. The molecule has 0 spiro atoms. The van der Waals surface area contributed by atoms with Crippen LogP contribution >= 0.6 is 0 Å². The molecule has 0 heterocycles. The molecular formula is C21H25N3O2. The molecule has 0 atom stereocenters. The molecule has 1 saturated carbocycles. The van der Waals surface area contributed by atoms with Gasteiger partial charge in [-0.1, -0.05) is 25.5 Å². The predicted molar refractivity (Wildman–Crippen MR) is 105 cm³/mol. The minimum absolute atomic E-state index is 0.0633. The molecule has 0 unspecified atom stereocenters. The molecule has 0 saturated heterocycles. The fraction of sp³-hybridized carbons (Fsp3) is 0.333. The maximum atomic E-state index is 12.1. The van der Waals surface area contributed by atoms with E-state index in [0.29, 0.717) is 17.3 Å². The van der Waals surface area contributed by atoms with Crippen molar-refractivity contribution in [2.24, 2.45) is 0 Å². The van der Waals surface area contributed by atoms with Gasteiger partial charge in [0.1, 0.15) is 0 Å². The van der Waals surface area contributed by atoms with Crippen molar-refractivity contribution < 1.29 is 9.59 Å². The first-order valence-electron chi connectivity index (χ1n) is 9.22. The second-order valence-corrected chi connectivity index (χ2v) is 6.70. The van der Waals surface area contributed by atoms with Gasteiger partial charge in [0, 0.05) is 23.0 Å². The Morgan fingerprint density at radius 3 is 2.04 bits per heavy atom. The van der Waals surface area contributed by atoms with Crippen LogP contribution in [0.15, 0.2) is 48.5 Å². The number of nitrogens with one attached hydrogen (secondary N) is 3. The molecule has 3 rings (SSSR count). The summed E-state index contributed by atoms with van der Waals surface area (Å²) in [6.45, 7) is 2.17. The number of anilines is 2. The molecule has 0 radical (unpaired) electrons. The first kappa shape index (κ1) is 18.0. The Morgan fingerprint density at radius 2 is 1.50 bits per heavy atom. The lowest BCUT2D eigenvalue weighted by Crippen LogP contribution is -2.25. The number of unbranched alkanes of at least 4 members (excludes halogenated alkanes) is 1. The molecule has 1 aliphatic carbocycles. The summed E-state index contributed by atoms with van der Waals surface area (Å²) < 4.78 is 0. The average Bonchev–Trinajstić information content (AvgIpc) is 3.45. The summed E-state index contributed by atoms with van der Waals surface area (Å²) in [7, 11) is 0. The van der Waals surface area contributed by atoms with E-state index in [1.807, 2.05) is 24.3 Å². The van der Waals surface area contributed by atoms with Gasteiger partial charge in [-0.25, -0.2) is 4.79 Å². The molecule has 0 bridgehead atoms. The van der Waals surface area contributed by atoms with Crippen molar-refractivity contribution in [3.05, 3.63) is 59.7 Å². The Hall–Kier alpha value is -2.82. The average molecular weight is 351 g/mol. The molecule has 0 aromatic heterocycles. The number of hydrogen-bond donors (Lipinski definition) is 3. The molecule has 3 N–H and O–H groups in total. The van der Waals surface area contributed by atoms with Crippen LogP contribution in [-0.2, 0) is 6.42 Å². The van der Waals surface area contributed by atoms with Crippen molar-refractivity contribution in [3.63, 3.8) is 0 Å². The molecule has 2 aromatic rings. The third-order valence-electron chi connectivity index (χ3n) is 4.35. The van der Waals surface area contributed by atoms with Crippen molar-refractivity contribution in [1.29, 1.82) is 0 Å². The maximum Gasteiger partial charge on any atom is 0.323 e. The molecule has 1 fully saturated rings. The number of aryl methyl sites for hydroxylation is 1. The van der Waals surface area contributed by atoms with Crippen molar-refractivity contribution in [2.45, 2.75) is 45.1 Å². The monoisotopic (exact) mass is 351 g/mol. The van der Waals surface area contributed by atoms with Crippen LogP contribution < -0.4 is 16.0 Å². The summed E-state index contributed by atoms with van der Waals surface area (Å²) in [6, 6.07) is 14.8. The Morgan fingerprint density at radius 1 is 0.923 bits per heavy atom. The Balaban J connectivity index is 1.50. The topological polar surface area (TPSA) is 70.2 Å². The van der Waals surface area contributed by atoms with E-state index in [-0.39, 0.29) is 11.9 Å². The number of benzene rings is 2. The predicted octanol–water partition coefficient (Wildman–Crippen LogP) is 4.57. The van der Waals surface area contributed by atoms with Crippen LogP contribution in [0.3, 0.4) is 0 Å². The zero-order valence-electron chi connectivity index (χ0n) is 15.0. The Bertz CT molecular complexity index is 750. The number of urea groups is 1. The first-order chi connectivity index (χ1) is 12.6. The first-order valence-corrected chi connectivity index (χ1v) is 9.22. The molecule has 136 valence electrons. The molecule has 1 aliphatic rings. The van der Waals surface area contributed by atoms with Crippen LogP contribution in [0, 0.1) is 0 Å². The van der Waals surface area contributed by atoms with E-state index in [2.05, 4.69) is 22.9 Å². The highest BCUT2D eigenvalue weighted by molar-refractivity contribution is 6.00. The molecule has 26 heavy (non-hydrogen) atoms. The quantitative estimate of drug-likeness (QED) is 0.684. The fourth-order valence-electron chi connectivity index (χ4n) is 2.63. The zero-order valence-corrected chi connectivity index (χ0v) is 15.0. The van der Waals surface area contributed by atoms with Crippen molar-refractivity contribution >= 4 is 23.3 Å². The third-order valence-corrected chi connectivity index (χ3v) is 4.35. The van der Waals surface area contributed by atoms with Gasteiger partial charge in [-0.3, -0.25) is 4.79 Å². The van der Waals surface area contributed by atoms with E-state index in [9.17, 15) is 9.59 Å². The van der Waals surface area contributed by atoms with Crippen molar-refractivity contribution in [1.82, 2.24) is 5.32 Å². The Labute approximate surface area is 154 Å². The van der Waals surface area contributed by atoms with E-state index in [0.717, 1.165) is 24.9 Å². The van der Waals surface area contributed by atoms with Gasteiger partial charge >= 0.3 is 6.03 Å². The second-order valence-electron chi connectivity index (χ2n) is 6.70. The number of carbonyl (C=O) groups is 2. The lowest BCUT2D eigenvalue weighted by molar-refractivity contribution is 0.0951. The van der Waals surface area contributed by atoms with Crippen molar-refractivity contribution in [3.8, 4) is 0 Å². The summed E-state index contributed by atoms with van der Waals surface area (Å²) in [4.78, 5) is 24.1. The van der Waals surface area contributed by atoms with Gasteiger partial charge in [-0.05, 0) is 67.6 Å². The van der Waals surface area contributed by atoms with E-state index >= 15 is 0 Å². The largest absolute Gasteiger partial charge is 0.349 e. The van der Waals surface area contributed by atoms with Gasteiger partial charge in [0.05, 0.1) is 0 Å². The highest BCUT2D eigenvalue weighted by Gasteiger charge is 2.23. The normalized spacial score (nSPS) is 13.1. The molecule has 2 aromatic carbocycles. The number of carbonyl (C=O) groups excluding carboxylic acids is 2. The van der Waals surface area contributed by atoms with Crippen LogP contribution in [0.2, 0.25) is 0 Å². The van der Waals surface area contributed by atoms with Crippen molar-refractivity contribution in [2.75, 3.05) is 10.6 Å². The van der Waals surface area contributed by atoms with Crippen LogP contribution in [0.4, 0.5) is 16.2 Å². The van der Waals surface area contributed by atoms with Gasteiger partial charge < -0.3 is 16.0 Å². The zero-order chi connectivity index (χ0) is 18.4. The lowest BCUT2D eigenvalue weighted by Gasteiger charge is -2.09. The van der Waals surface area contributed by atoms with Gasteiger partial charge in [0.25, 0.3) is 5.91 Å². The summed E-state index contributed by atoms with van der Waals surface area (Å²) in [5.41, 5.74) is 3.27. The smallest absolute Gasteiger partial charge is 0.323 e. The summed E-state index contributed by atoms with van der Waals surface area (Å²) in [5, 5.41) is 8.53. The molecule has 0 aliphatic heterocycles. The van der Waals surface area contributed by atoms with Gasteiger partial charge in [-0.15, -0.1) is 0 Å². The van der Waals surface area contributed by atoms with E-state index in [1.54, 1.807) is 24.3 Å². The van der Waals surface area contributed by atoms with E-state index < -0.39 is 0 Å². The lowest BCUT2D eigenvalue weighted by atomic mass is 10.1. The van der Waals surface area contributed by atoms with Gasteiger partial charge in [0.15, 0.2) is 0 Å². The number of amides is 3. The van der Waals surface area contributed by atoms with Crippen LogP contribution in [0.25, 0.3) is 0 Å². The maximum absolute atomic E-state index is 12.1. The highest BCUT2D eigenvalue weighted by Crippen LogP contribution is 2.20. The molecular weight excluding hydrogens is 326 g/mol. The van der Waals surface area contributed by atoms with Gasteiger partial charge in [-0.2, -0.15) is 0 Å². The fourth-order valence-corrected chi connectivity index (χ4v) is 2.63. The number of rotatable bonds is 7. The SMILES string of the molecule is CCCCc1ccc(NC(=O)Nc2ccc(C(=O)NC3CC3)cc2)cc1. The Kier molecular flexibility index (Phi) is 5.89. The highest BCUT2D eigenvalue weighted by atomic mass is 16.2. The van der Waals surface area contributed by atoms with Crippen LogP contribution in [0.1, 0.15) is 48.5 Å². The summed E-state index contributed by atoms with van der Waals surface area (Å²) >= 11 is 0. The third kappa shape index (κ3) is 5.34.